The molecule has 1 aliphatic carbocycles. The van der Waals surface area contributed by atoms with E-state index >= 15 is 0 Å². The summed E-state index contributed by atoms with van der Waals surface area (Å²) < 4.78 is 3.23. The van der Waals surface area contributed by atoms with E-state index in [1.807, 2.05) is 57.4 Å². The lowest BCUT2D eigenvalue weighted by atomic mass is 9.73. The second kappa shape index (κ2) is 8.57. The Kier molecular flexibility index (Phi) is 5.57. The molecule has 3 heterocycles. The van der Waals surface area contributed by atoms with Gasteiger partial charge in [0, 0.05) is 11.9 Å². The normalized spacial score (nSPS) is 17.0. The highest BCUT2D eigenvalue weighted by molar-refractivity contribution is 6.51. The fraction of sp³-hybridized carbons (Fsp3) is 0.280. The Morgan fingerprint density at radius 2 is 2.03 bits per heavy atom. The van der Waals surface area contributed by atoms with Crippen molar-refractivity contribution in [3.8, 4) is 5.82 Å². The summed E-state index contributed by atoms with van der Waals surface area (Å²) in [6.07, 6.45) is 5.20. The van der Waals surface area contributed by atoms with Crippen molar-refractivity contribution in [1.29, 1.82) is 0 Å². The van der Waals surface area contributed by atoms with Gasteiger partial charge in [-0.25, -0.2) is 19.3 Å². The van der Waals surface area contributed by atoms with Crippen LogP contribution in [0.3, 0.4) is 0 Å². The van der Waals surface area contributed by atoms with Crippen molar-refractivity contribution in [3.63, 3.8) is 0 Å². The van der Waals surface area contributed by atoms with Gasteiger partial charge in [0.1, 0.15) is 18.3 Å². The molecule has 1 aromatic carbocycles. The smallest absolute Gasteiger partial charge is 0.278 e. The Morgan fingerprint density at radius 3 is 2.74 bits per heavy atom. The highest BCUT2D eigenvalue weighted by atomic mass is 16.3. The monoisotopic (exact) mass is 453 g/mol. The van der Waals surface area contributed by atoms with Gasteiger partial charge in [0.2, 0.25) is 5.95 Å². The molecule has 1 radical (unpaired) electrons. The minimum Gasteiger partial charge on any atom is -0.384 e. The number of nitrogens with zero attached hydrogens (tertiary/aromatic N) is 5. The van der Waals surface area contributed by atoms with E-state index in [2.05, 4.69) is 21.9 Å². The summed E-state index contributed by atoms with van der Waals surface area (Å²) in [5.41, 5.74) is 2.92. The van der Waals surface area contributed by atoms with Gasteiger partial charge in [-0.3, -0.25) is 4.79 Å². The second-order valence-electron chi connectivity index (χ2n) is 8.52. The first-order valence-electron chi connectivity index (χ1n) is 11.5. The Morgan fingerprint density at radius 1 is 1.24 bits per heavy atom. The minimum absolute atomic E-state index is 0.225. The Bertz CT molecular complexity index is 1440. The van der Waals surface area contributed by atoms with Gasteiger partial charge in [-0.1, -0.05) is 43.5 Å². The molecule has 0 amide bonds. The van der Waals surface area contributed by atoms with Crippen LogP contribution in [-0.2, 0) is 18.6 Å². The molecule has 0 fully saturated rings. The van der Waals surface area contributed by atoms with E-state index in [1.54, 1.807) is 10.8 Å². The number of hydrogen-bond acceptors (Lipinski definition) is 6. The van der Waals surface area contributed by atoms with Crippen molar-refractivity contribution in [1.82, 2.24) is 24.3 Å². The van der Waals surface area contributed by atoms with Crippen LogP contribution in [0.5, 0.6) is 0 Å². The van der Waals surface area contributed by atoms with E-state index in [4.69, 9.17) is 4.98 Å². The van der Waals surface area contributed by atoms with Crippen molar-refractivity contribution >= 4 is 35.4 Å². The molecular formula is C25H26BN6O2. The van der Waals surface area contributed by atoms with E-state index in [0.29, 0.717) is 41.3 Å². The average molecular weight is 453 g/mol. The van der Waals surface area contributed by atoms with E-state index < -0.39 is 5.60 Å². The van der Waals surface area contributed by atoms with Crippen LogP contribution in [0.15, 0.2) is 60.0 Å². The number of aryl methyl sites for hydroxylation is 1. The zero-order valence-corrected chi connectivity index (χ0v) is 19.3. The number of aromatic nitrogens is 5. The first-order chi connectivity index (χ1) is 16.5. The van der Waals surface area contributed by atoms with Crippen molar-refractivity contribution in [2.45, 2.75) is 45.2 Å². The molecule has 1 atom stereocenters. The van der Waals surface area contributed by atoms with Crippen LogP contribution in [0.4, 0.5) is 11.6 Å². The number of anilines is 2. The highest BCUT2D eigenvalue weighted by Gasteiger charge is 2.37. The maximum Gasteiger partial charge on any atom is 0.278 e. The predicted octanol–water partition coefficient (Wildman–Crippen LogP) is 2.83. The van der Waals surface area contributed by atoms with Gasteiger partial charge in [0.05, 0.1) is 12.2 Å². The molecule has 3 aromatic heterocycles. The van der Waals surface area contributed by atoms with Gasteiger partial charge in [-0.15, -0.1) is 6.58 Å². The van der Waals surface area contributed by atoms with Crippen molar-refractivity contribution in [2.75, 3.05) is 5.32 Å². The third-order valence-electron chi connectivity index (χ3n) is 6.49. The molecule has 0 unspecified atom stereocenters. The molecule has 9 heteroatoms. The molecule has 171 valence electrons. The Labute approximate surface area is 198 Å². The lowest BCUT2D eigenvalue weighted by Gasteiger charge is -2.21. The van der Waals surface area contributed by atoms with E-state index in [-0.39, 0.29) is 12.1 Å². The Balaban J connectivity index is 1.65. The maximum atomic E-state index is 13.2. The fourth-order valence-corrected chi connectivity index (χ4v) is 4.50. The van der Waals surface area contributed by atoms with Crippen molar-refractivity contribution in [2.24, 2.45) is 0 Å². The molecule has 2 N–H and O–H groups in total. The van der Waals surface area contributed by atoms with Gasteiger partial charge in [-0.05, 0) is 43.0 Å². The van der Waals surface area contributed by atoms with E-state index in [9.17, 15) is 9.90 Å². The van der Waals surface area contributed by atoms with Crippen LogP contribution < -0.4 is 16.3 Å². The third kappa shape index (κ3) is 3.62. The van der Waals surface area contributed by atoms with Gasteiger partial charge < -0.3 is 10.4 Å². The summed E-state index contributed by atoms with van der Waals surface area (Å²) >= 11 is 0. The van der Waals surface area contributed by atoms with Gasteiger partial charge in [-0.2, -0.15) is 4.98 Å². The molecule has 0 saturated heterocycles. The predicted molar refractivity (Wildman–Crippen MR) is 135 cm³/mol. The SMILES string of the molecule is C=CCn1c(=O)c2cnc(Nc3ccc([B]C)cc3)nc2n1-c1ccc2c(n1)[C@@](O)(CC)CC2. The van der Waals surface area contributed by atoms with Gasteiger partial charge in [0.15, 0.2) is 11.5 Å². The summed E-state index contributed by atoms with van der Waals surface area (Å²) in [5, 5.41) is 14.7. The van der Waals surface area contributed by atoms with Crippen LogP contribution in [-0.4, -0.2) is 36.7 Å². The molecule has 1 aliphatic rings. The molecule has 8 nitrogen and oxygen atoms in total. The lowest BCUT2D eigenvalue weighted by molar-refractivity contribution is 0.0306. The lowest BCUT2D eigenvalue weighted by Crippen LogP contribution is -2.25. The number of benzene rings is 1. The zero-order chi connectivity index (χ0) is 23.9. The van der Waals surface area contributed by atoms with E-state index in [0.717, 1.165) is 23.1 Å². The van der Waals surface area contributed by atoms with Crippen LogP contribution in [0.2, 0.25) is 6.82 Å². The number of nitrogens with one attached hydrogen (secondary N) is 1. The first-order valence-corrected chi connectivity index (χ1v) is 11.5. The molecule has 0 bridgehead atoms. The van der Waals surface area contributed by atoms with E-state index in [1.165, 1.54) is 10.9 Å². The number of hydrogen-bond donors (Lipinski definition) is 2. The van der Waals surface area contributed by atoms with Crippen LogP contribution >= 0.6 is 0 Å². The third-order valence-corrected chi connectivity index (χ3v) is 6.49. The molecule has 0 saturated carbocycles. The number of fused-ring (bicyclic) bond motifs is 2. The van der Waals surface area contributed by atoms with Crippen LogP contribution in [0.25, 0.3) is 16.9 Å². The Hall–Kier alpha value is -3.72. The molecule has 0 spiro atoms. The summed E-state index contributed by atoms with van der Waals surface area (Å²) in [6.45, 7) is 8.02. The maximum absolute atomic E-state index is 13.2. The molecular weight excluding hydrogens is 427 g/mol. The molecule has 0 aliphatic heterocycles. The first kappa shape index (κ1) is 22.1. The van der Waals surface area contributed by atoms with Crippen LogP contribution in [0, 0.1) is 0 Å². The number of rotatable bonds is 7. The number of pyridine rings is 1. The fourth-order valence-electron chi connectivity index (χ4n) is 4.50. The average Bonchev–Trinajstić information content (AvgIpc) is 3.34. The molecule has 4 aromatic rings. The summed E-state index contributed by atoms with van der Waals surface area (Å²) in [4.78, 5) is 27.0. The number of aliphatic hydroxyl groups is 1. The largest absolute Gasteiger partial charge is 0.384 e. The van der Waals surface area contributed by atoms with Gasteiger partial charge in [0.25, 0.3) is 5.56 Å². The summed E-state index contributed by atoms with van der Waals surface area (Å²) in [6, 6.07) is 11.8. The minimum atomic E-state index is -0.957. The van der Waals surface area contributed by atoms with Crippen LogP contribution in [0.1, 0.15) is 31.0 Å². The number of allylic oxidation sites excluding steroid dienone is 1. The zero-order valence-electron chi connectivity index (χ0n) is 19.3. The van der Waals surface area contributed by atoms with Gasteiger partial charge >= 0.3 is 0 Å². The van der Waals surface area contributed by atoms with Crippen molar-refractivity contribution < 1.29 is 5.11 Å². The topological polar surface area (TPSA) is 97.9 Å². The molecule has 34 heavy (non-hydrogen) atoms. The summed E-state index contributed by atoms with van der Waals surface area (Å²) in [7, 11) is 2.02. The summed E-state index contributed by atoms with van der Waals surface area (Å²) in [5.74, 6) is 0.894. The second-order valence-corrected chi connectivity index (χ2v) is 8.52. The highest BCUT2D eigenvalue weighted by Crippen LogP contribution is 2.38. The molecule has 5 rings (SSSR count). The standard InChI is InChI=1S/C25H26BN6O2/c1-4-14-31-23(33)19-15-27-24(28-18-9-7-17(26-3)8-10-18)30-22(19)32(31)20-11-6-16-12-13-25(34,5-2)21(16)29-20/h4,6-11,15,34H,1,5,12-14H2,2-3H3,(H,27,28,30)/t25-/m1/s1. The van der Waals surface area contributed by atoms with Crippen molar-refractivity contribution in [3.05, 3.63) is 76.9 Å². The quantitative estimate of drug-likeness (QED) is 0.330.